The minimum Gasteiger partial charge on any atom is -0.479 e. The highest BCUT2D eigenvalue weighted by Gasteiger charge is 2.13. The lowest BCUT2D eigenvalue weighted by Gasteiger charge is -2.21. The Balaban J connectivity index is 1.89. The fourth-order valence-electron chi connectivity index (χ4n) is 2.84. The summed E-state index contributed by atoms with van der Waals surface area (Å²) >= 11 is 0. The third-order valence-electron chi connectivity index (χ3n) is 4.01. The zero-order valence-electron chi connectivity index (χ0n) is 12.5. The van der Waals surface area contributed by atoms with E-state index >= 15 is 0 Å². The summed E-state index contributed by atoms with van der Waals surface area (Å²) in [4.78, 5) is 15.1. The Hall–Kier alpha value is -1.84. The highest BCUT2D eigenvalue weighted by molar-refractivity contribution is 5.98. The van der Waals surface area contributed by atoms with Crippen molar-refractivity contribution in [3.8, 4) is 0 Å². The van der Waals surface area contributed by atoms with E-state index in [0.29, 0.717) is 5.71 Å². The molecule has 4 heteroatoms. The van der Waals surface area contributed by atoms with Crippen molar-refractivity contribution in [3.63, 3.8) is 0 Å². The quantitative estimate of drug-likeness (QED) is 0.642. The molecule has 1 aromatic rings. The van der Waals surface area contributed by atoms with Gasteiger partial charge in [-0.3, -0.25) is 0 Å². The molecule has 0 bridgehead atoms. The van der Waals surface area contributed by atoms with Crippen LogP contribution in [-0.4, -0.2) is 23.4 Å². The van der Waals surface area contributed by atoms with Gasteiger partial charge in [0.1, 0.15) is 0 Å². The minimum absolute atomic E-state index is 0.406. The first-order valence-corrected chi connectivity index (χ1v) is 7.63. The highest BCUT2D eigenvalue weighted by Crippen LogP contribution is 2.26. The van der Waals surface area contributed by atoms with Crippen molar-refractivity contribution in [1.82, 2.24) is 0 Å². The molecule has 1 fully saturated rings. The molecule has 0 atom stereocenters. The number of carboxylic acids is 1. The van der Waals surface area contributed by atoms with E-state index in [4.69, 9.17) is 9.94 Å². The first-order chi connectivity index (χ1) is 10.1. The summed E-state index contributed by atoms with van der Waals surface area (Å²) in [6.45, 7) is 1.41. The molecular formula is C17H23NO3. The zero-order valence-corrected chi connectivity index (χ0v) is 12.5. The molecule has 0 unspecified atom stereocenters. The fraction of sp³-hybridized carbons (Fsp3) is 0.529. The van der Waals surface area contributed by atoms with Gasteiger partial charge in [0.15, 0.2) is 0 Å². The van der Waals surface area contributed by atoms with Gasteiger partial charge < -0.3 is 9.94 Å². The molecule has 1 aliphatic carbocycles. The average Bonchev–Trinajstić information content (AvgIpc) is 2.48. The van der Waals surface area contributed by atoms with Crippen LogP contribution in [0, 0.1) is 5.92 Å². The van der Waals surface area contributed by atoms with Gasteiger partial charge in [0.05, 0.1) is 5.71 Å². The SMILES string of the molecule is C/C(=N/OCC(=O)O)c1ccc(CC2CCCCC2)cc1. The number of rotatable bonds is 6. The van der Waals surface area contributed by atoms with Crippen molar-refractivity contribution in [2.24, 2.45) is 11.1 Å². The zero-order chi connectivity index (χ0) is 15.1. The second-order valence-electron chi connectivity index (χ2n) is 5.75. The summed E-state index contributed by atoms with van der Waals surface area (Å²) in [6, 6.07) is 8.34. The van der Waals surface area contributed by atoms with Crippen LogP contribution >= 0.6 is 0 Å². The smallest absolute Gasteiger partial charge is 0.344 e. The van der Waals surface area contributed by atoms with Crippen molar-refractivity contribution in [2.75, 3.05) is 6.61 Å². The second kappa shape index (κ2) is 7.81. The maximum absolute atomic E-state index is 10.4. The Labute approximate surface area is 125 Å². The third-order valence-corrected chi connectivity index (χ3v) is 4.01. The van der Waals surface area contributed by atoms with E-state index in [1.807, 2.05) is 19.1 Å². The van der Waals surface area contributed by atoms with Crippen molar-refractivity contribution in [2.45, 2.75) is 45.4 Å². The number of aliphatic carboxylic acids is 1. The monoisotopic (exact) mass is 289 g/mol. The Bertz CT molecular complexity index is 487. The molecule has 0 heterocycles. The van der Waals surface area contributed by atoms with Gasteiger partial charge in [0.25, 0.3) is 0 Å². The highest BCUT2D eigenvalue weighted by atomic mass is 16.6. The van der Waals surface area contributed by atoms with Crippen molar-refractivity contribution >= 4 is 11.7 Å². The number of hydrogen-bond acceptors (Lipinski definition) is 3. The number of benzene rings is 1. The van der Waals surface area contributed by atoms with Crippen LogP contribution in [-0.2, 0) is 16.1 Å². The topological polar surface area (TPSA) is 58.9 Å². The summed E-state index contributed by atoms with van der Waals surface area (Å²) in [5.41, 5.74) is 3.03. The maximum Gasteiger partial charge on any atom is 0.344 e. The van der Waals surface area contributed by atoms with Crippen LogP contribution in [0.3, 0.4) is 0 Å². The van der Waals surface area contributed by atoms with Gasteiger partial charge >= 0.3 is 5.97 Å². The van der Waals surface area contributed by atoms with Gasteiger partial charge in [-0.2, -0.15) is 0 Å². The molecule has 1 aliphatic rings. The van der Waals surface area contributed by atoms with Crippen molar-refractivity contribution in [3.05, 3.63) is 35.4 Å². The molecule has 0 aliphatic heterocycles. The van der Waals surface area contributed by atoms with E-state index in [0.717, 1.165) is 17.9 Å². The van der Waals surface area contributed by atoms with Gasteiger partial charge in [-0.15, -0.1) is 0 Å². The Kier molecular flexibility index (Phi) is 5.78. The number of oxime groups is 1. The molecule has 4 nitrogen and oxygen atoms in total. The van der Waals surface area contributed by atoms with Gasteiger partial charge in [-0.25, -0.2) is 4.79 Å². The largest absolute Gasteiger partial charge is 0.479 e. The minimum atomic E-state index is -1.02. The number of hydrogen-bond donors (Lipinski definition) is 1. The molecule has 0 amide bonds. The van der Waals surface area contributed by atoms with E-state index in [-0.39, 0.29) is 0 Å². The van der Waals surface area contributed by atoms with Crippen LogP contribution < -0.4 is 0 Å². The lowest BCUT2D eigenvalue weighted by atomic mass is 9.85. The summed E-state index contributed by atoms with van der Waals surface area (Å²) in [5, 5.41) is 12.3. The Morgan fingerprint density at radius 2 is 1.90 bits per heavy atom. The Morgan fingerprint density at radius 3 is 2.52 bits per heavy atom. The molecule has 2 rings (SSSR count). The van der Waals surface area contributed by atoms with E-state index in [1.54, 1.807) is 0 Å². The third kappa shape index (κ3) is 5.21. The number of carbonyl (C=O) groups is 1. The van der Waals surface area contributed by atoms with Gasteiger partial charge in [-0.1, -0.05) is 61.5 Å². The molecular weight excluding hydrogens is 266 g/mol. The number of nitrogens with zero attached hydrogens (tertiary/aromatic N) is 1. The molecule has 0 aromatic heterocycles. The fourth-order valence-corrected chi connectivity index (χ4v) is 2.84. The van der Waals surface area contributed by atoms with E-state index in [9.17, 15) is 4.79 Å². The van der Waals surface area contributed by atoms with Crippen LogP contribution in [0.25, 0.3) is 0 Å². The van der Waals surface area contributed by atoms with E-state index in [1.165, 1.54) is 37.7 Å². The lowest BCUT2D eigenvalue weighted by Crippen LogP contribution is -2.09. The summed E-state index contributed by atoms with van der Waals surface area (Å²) in [7, 11) is 0. The first kappa shape index (κ1) is 15.5. The molecule has 0 saturated heterocycles. The first-order valence-electron chi connectivity index (χ1n) is 7.63. The molecule has 114 valence electrons. The van der Waals surface area contributed by atoms with Crippen molar-refractivity contribution < 1.29 is 14.7 Å². The normalized spacial score (nSPS) is 16.7. The molecule has 0 radical (unpaired) electrons. The standard InChI is InChI=1S/C17H23NO3/c1-13(18-21-12-17(19)20)16-9-7-15(8-10-16)11-14-5-3-2-4-6-14/h7-10,14H,2-6,11-12H2,1H3,(H,19,20)/b18-13-. The summed E-state index contributed by atoms with van der Waals surface area (Å²) < 4.78 is 0. The van der Waals surface area contributed by atoms with Gasteiger partial charge in [0.2, 0.25) is 6.61 Å². The van der Waals surface area contributed by atoms with Gasteiger partial charge in [0, 0.05) is 0 Å². The van der Waals surface area contributed by atoms with E-state index < -0.39 is 12.6 Å². The van der Waals surface area contributed by atoms with Crippen LogP contribution in [0.5, 0.6) is 0 Å². The molecule has 1 N–H and O–H groups in total. The van der Waals surface area contributed by atoms with E-state index in [2.05, 4.69) is 17.3 Å². The maximum atomic E-state index is 10.4. The molecule has 0 spiro atoms. The molecule has 21 heavy (non-hydrogen) atoms. The van der Waals surface area contributed by atoms with Crippen LogP contribution in [0.1, 0.15) is 50.2 Å². The Morgan fingerprint density at radius 1 is 1.24 bits per heavy atom. The molecule has 1 saturated carbocycles. The van der Waals surface area contributed by atoms with Crippen molar-refractivity contribution in [1.29, 1.82) is 0 Å². The van der Waals surface area contributed by atoms with Crippen LogP contribution in [0.2, 0.25) is 0 Å². The average molecular weight is 289 g/mol. The van der Waals surface area contributed by atoms with Crippen LogP contribution in [0.15, 0.2) is 29.4 Å². The second-order valence-corrected chi connectivity index (χ2v) is 5.75. The summed E-state index contributed by atoms with van der Waals surface area (Å²) in [5.74, 6) is -0.187. The predicted octanol–water partition coefficient (Wildman–Crippen LogP) is 3.63. The lowest BCUT2D eigenvalue weighted by molar-refractivity contribution is -0.142. The predicted molar refractivity (Wildman–Crippen MR) is 82.5 cm³/mol. The molecule has 1 aromatic carbocycles. The van der Waals surface area contributed by atoms with Crippen LogP contribution in [0.4, 0.5) is 0 Å². The number of carboxylic acid groups (broad SMARTS) is 1. The summed E-state index contributed by atoms with van der Waals surface area (Å²) in [6.07, 6.45) is 7.99. The van der Waals surface area contributed by atoms with Gasteiger partial charge in [-0.05, 0) is 30.4 Å².